The molecule has 4 nitrogen and oxygen atoms in total. The molecule has 1 N–H and O–H groups in total. The highest BCUT2D eigenvalue weighted by atomic mass is 35.5. The molecular weight excluding hydrogens is 606 g/mol. The number of nitrogens with one attached hydrogen (secondary N) is 1. The normalized spacial score (nSPS) is 14.5. The summed E-state index contributed by atoms with van der Waals surface area (Å²) in [4.78, 5) is 29.4. The summed E-state index contributed by atoms with van der Waals surface area (Å²) >= 11 is 26.6. The first-order valence-electron chi connectivity index (χ1n) is 13.4. The molecule has 3 aromatic carbocycles. The minimum Gasteiger partial charge on any atom is -0.352 e. The van der Waals surface area contributed by atoms with Crippen LogP contribution in [0.15, 0.2) is 66.7 Å². The van der Waals surface area contributed by atoms with Crippen molar-refractivity contribution in [3.05, 3.63) is 104 Å². The molecule has 2 amide bonds. The van der Waals surface area contributed by atoms with E-state index in [-0.39, 0.29) is 30.2 Å². The van der Waals surface area contributed by atoms with E-state index in [1.54, 1.807) is 35.2 Å². The fourth-order valence-corrected chi connectivity index (χ4v) is 6.89. The van der Waals surface area contributed by atoms with Gasteiger partial charge in [-0.25, -0.2) is 0 Å². The van der Waals surface area contributed by atoms with Gasteiger partial charge < -0.3 is 10.2 Å². The number of nitrogens with zero attached hydrogens (tertiary/aromatic N) is 1. The Morgan fingerprint density at radius 3 is 2.20 bits per heavy atom. The molecule has 0 radical (unpaired) electrons. The zero-order valence-electron chi connectivity index (χ0n) is 22.1. The Bertz CT molecular complexity index is 1280. The third-order valence-corrected chi connectivity index (χ3v) is 9.48. The lowest BCUT2D eigenvalue weighted by Gasteiger charge is -2.33. The lowest BCUT2D eigenvalue weighted by atomic mass is 9.94. The number of thioether (sulfide) groups is 1. The second kappa shape index (κ2) is 15.4. The van der Waals surface area contributed by atoms with Crippen LogP contribution in [0.3, 0.4) is 0 Å². The SMILES string of the molecule is O=C(NC1CCCCC1)C(Cc1ccccc1)N(Cc1ccc(Cl)c(Cl)c1)C(=O)CSCc1c(Cl)cccc1Cl. The first-order chi connectivity index (χ1) is 19.3. The number of carbonyl (C=O) groups excluding carboxylic acids is 2. The molecule has 1 saturated carbocycles. The van der Waals surface area contributed by atoms with Crippen LogP contribution in [0.4, 0.5) is 0 Å². The highest BCUT2D eigenvalue weighted by Gasteiger charge is 2.32. The van der Waals surface area contributed by atoms with Crippen molar-refractivity contribution in [2.24, 2.45) is 0 Å². The molecule has 1 aliphatic carbocycles. The molecule has 1 atom stereocenters. The summed E-state index contributed by atoms with van der Waals surface area (Å²) in [5, 5.41) is 5.22. The van der Waals surface area contributed by atoms with Gasteiger partial charge in [-0.05, 0) is 53.8 Å². The Labute approximate surface area is 260 Å². The van der Waals surface area contributed by atoms with E-state index in [9.17, 15) is 9.59 Å². The van der Waals surface area contributed by atoms with Gasteiger partial charge in [0.05, 0.1) is 15.8 Å². The summed E-state index contributed by atoms with van der Waals surface area (Å²) in [6.45, 7) is 0.221. The molecular formula is C31H32Cl4N2O2S. The molecule has 0 aliphatic heterocycles. The maximum Gasteiger partial charge on any atom is 0.243 e. The van der Waals surface area contributed by atoms with Crippen molar-refractivity contribution in [1.82, 2.24) is 10.2 Å². The highest BCUT2D eigenvalue weighted by Crippen LogP contribution is 2.29. The lowest BCUT2D eigenvalue weighted by Crippen LogP contribution is -2.53. The van der Waals surface area contributed by atoms with Crippen LogP contribution in [0.2, 0.25) is 20.1 Å². The number of rotatable bonds is 11. The van der Waals surface area contributed by atoms with Crippen LogP contribution in [0.25, 0.3) is 0 Å². The van der Waals surface area contributed by atoms with E-state index >= 15 is 0 Å². The van der Waals surface area contributed by atoms with Gasteiger partial charge in [0.15, 0.2) is 0 Å². The Morgan fingerprint density at radius 1 is 0.825 bits per heavy atom. The van der Waals surface area contributed by atoms with E-state index in [1.807, 2.05) is 36.4 Å². The average Bonchev–Trinajstić information content (AvgIpc) is 2.95. The molecule has 9 heteroatoms. The largest absolute Gasteiger partial charge is 0.352 e. The van der Waals surface area contributed by atoms with Gasteiger partial charge in [0.1, 0.15) is 6.04 Å². The van der Waals surface area contributed by atoms with E-state index in [1.165, 1.54) is 18.2 Å². The summed E-state index contributed by atoms with van der Waals surface area (Å²) in [5.74, 6) is 0.343. The molecule has 4 rings (SSSR count). The average molecular weight is 638 g/mol. The van der Waals surface area contributed by atoms with E-state index in [0.29, 0.717) is 32.3 Å². The van der Waals surface area contributed by atoms with Gasteiger partial charge in [-0.15, -0.1) is 11.8 Å². The Kier molecular flexibility index (Phi) is 11.9. The molecule has 40 heavy (non-hydrogen) atoms. The maximum absolute atomic E-state index is 13.9. The summed E-state index contributed by atoms with van der Waals surface area (Å²) in [5.41, 5.74) is 2.56. The lowest BCUT2D eigenvalue weighted by molar-refractivity contribution is -0.139. The minimum atomic E-state index is -0.698. The molecule has 3 aromatic rings. The summed E-state index contributed by atoms with van der Waals surface area (Å²) in [6.07, 6.45) is 5.70. The van der Waals surface area contributed by atoms with Crippen molar-refractivity contribution in [3.8, 4) is 0 Å². The van der Waals surface area contributed by atoms with E-state index in [0.717, 1.165) is 42.4 Å². The molecule has 0 aromatic heterocycles. The summed E-state index contributed by atoms with van der Waals surface area (Å²) in [6, 6.07) is 19.9. The van der Waals surface area contributed by atoms with Crippen molar-refractivity contribution >= 4 is 70.0 Å². The van der Waals surface area contributed by atoms with Crippen molar-refractivity contribution in [2.75, 3.05) is 5.75 Å². The fourth-order valence-electron chi connectivity index (χ4n) is 4.93. The maximum atomic E-state index is 13.9. The van der Waals surface area contributed by atoms with Gasteiger partial charge in [-0.3, -0.25) is 9.59 Å². The van der Waals surface area contributed by atoms with Gasteiger partial charge in [-0.1, -0.05) is 108 Å². The number of hydrogen-bond acceptors (Lipinski definition) is 3. The molecule has 1 fully saturated rings. The molecule has 0 saturated heterocycles. The van der Waals surface area contributed by atoms with Crippen LogP contribution in [0.5, 0.6) is 0 Å². The first kappa shape index (κ1) is 31.1. The van der Waals surface area contributed by atoms with Gasteiger partial charge in [-0.2, -0.15) is 0 Å². The predicted molar refractivity (Wildman–Crippen MR) is 169 cm³/mol. The van der Waals surface area contributed by atoms with Crippen LogP contribution in [0, 0.1) is 0 Å². The molecule has 212 valence electrons. The Balaban J connectivity index is 1.60. The predicted octanol–water partition coefficient (Wildman–Crippen LogP) is 8.62. The molecule has 0 bridgehead atoms. The van der Waals surface area contributed by atoms with E-state index in [2.05, 4.69) is 5.32 Å². The molecule has 1 unspecified atom stereocenters. The van der Waals surface area contributed by atoms with Gasteiger partial charge in [0.25, 0.3) is 0 Å². The minimum absolute atomic E-state index is 0.123. The third-order valence-electron chi connectivity index (χ3n) is 7.09. The van der Waals surface area contributed by atoms with Crippen LogP contribution in [0.1, 0.15) is 48.8 Å². The third kappa shape index (κ3) is 8.80. The standard InChI is InChI=1S/C31H32Cl4N2O2S/c32-25-12-7-13-26(33)24(25)19-40-20-30(38)37(18-22-14-15-27(34)28(35)16-22)29(17-21-8-3-1-4-9-21)31(39)36-23-10-5-2-6-11-23/h1,3-4,7-9,12-16,23,29H,2,5-6,10-11,17-20H2,(H,36,39). The van der Waals surface area contributed by atoms with Crippen molar-refractivity contribution < 1.29 is 9.59 Å². The Morgan fingerprint density at radius 2 is 1.52 bits per heavy atom. The summed E-state index contributed by atoms with van der Waals surface area (Å²) in [7, 11) is 0. The van der Waals surface area contributed by atoms with Gasteiger partial charge in [0, 0.05) is 34.8 Å². The van der Waals surface area contributed by atoms with Gasteiger partial charge in [0.2, 0.25) is 11.8 Å². The van der Waals surface area contributed by atoms with Crippen LogP contribution in [-0.2, 0) is 28.3 Å². The fraction of sp³-hybridized carbons (Fsp3) is 0.355. The molecule has 1 aliphatic rings. The number of amides is 2. The zero-order valence-corrected chi connectivity index (χ0v) is 25.9. The molecule has 0 heterocycles. The topological polar surface area (TPSA) is 49.4 Å². The highest BCUT2D eigenvalue weighted by molar-refractivity contribution is 7.99. The number of benzene rings is 3. The molecule has 0 spiro atoms. The monoisotopic (exact) mass is 636 g/mol. The number of hydrogen-bond donors (Lipinski definition) is 1. The van der Waals surface area contributed by atoms with Crippen LogP contribution >= 0.6 is 58.2 Å². The van der Waals surface area contributed by atoms with Crippen molar-refractivity contribution in [2.45, 2.75) is 62.9 Å². The smallest absolute Gasteiger partial charge is 0.243 e. The van der Waals surface area contributed by atoms with Crippen LogP contribution in [-0.4, -0.2) is 34.6 Å². The second-order valence-electron chi connectivity index (χ2n) is 10.0. The van der Waals surface area contributed by atoms with E-state index in [4.69, 9.17) is 46.4 Å². The van der Waals surface area contributed by atoms with Crippen molar-refractivity contribution in [1.29, 1.82) is 0 Å². The number of halogens is 4. The van der Waals surface area contributed by atoms with Crippen molar-refractivity contribution in [3.63, 3.8) is 0 Å². The quantitative estimate of drug-likeness (QED) is 0.229. The Hall–Kier alpha value is -1.89. The number of carbonyl (C=O) groups is 2. The summed E-state index contributed by atoms with van der Waals surface area (Å²) < 4.78 is 0. The van der Waals surface area contributed by atoms with Crippen LogP contribution < -0.4 is 5.32 Å². The van der Waals surface area contributed by atoms with E-state index < -0.39 is 6.04 Å². The first-order valence-corrected chi connectivity index (χ1v) is 16.1. The second-order valence-corrected chi connectivity index (χ2v) is 12.6. The van der Waals surface area contributed by atoms with Gasteiger partial charge >= 0.3 is 0 Å². The zero-order chi connectivity index (χ0) is 28.5.